The van der Waals surface area contributed by atoms with Gasteiger partial charge in [0.15, 0.2) is 6.10 Å². The van der Waals surface area contributed by atoms with Crippen LogP contribution in [0.15, 0.2) is 48.5 Å². The molecule has 0 aromatic heterocycles. The summed E-state index contributed by atoms with van der Waals surface area (Å²) in [4.78, 5) is 35.1. The van der Waals surface area contributed by atoms with E-state index < -0.39 is 18.2 Å². The van der Waals surface area contributed by atoms with E-state index in [-0.39, 0.29) is 24.5 Å². The van der Waals surface area contributed by atoms with Crippen LogP contribution in [0.25, 0.3) is 11.1 Å². The van der Waals surface area contributed by atoms with Gasteiger partial charge in [-0.25, -0.2) is 9.59 Å². The molecule has 0 saturated carbocycles. The van der Waals surface area contributed by atoms with Gasteiger partial charge in [0, 0.05) is 25.4 Å². The summed E-state index contributed by atoms with van der Waals surface area (Å²) in [5.41, 5.74) is 4.75. The molecule has 3 N–H and O–H groups in total. The van der Waals surface area contributed by atoms with Crippen molar-refractivity contribution in [2.75, 3.05) is 19.7 Å². The first kappa shape index (κ1) is 24.7. The predicted molar refractivity (Wildman–Crippen MR) is 130 cm³/mol. The van der Waals surface area contributed by atoms with Crippen LogP contribution < -0.4 is 10.6 Å². The summed E-state index contributed by atoms with van der Waals surface area (Å²) in [6.07, 6.45) is 2.34. The fourth-order valence-corrected chi connectivity index (χ4v) is 4.78. The summed E-state index contributed by atoms with van der Waals surface area (Å²) in [5, 5.41) is 14.5. The third kappa shape index (κ3) is 6.39. The molecule has 2 aromatic rings. The number of aliphatic carboxylic acids is 1. The number of fused-ring (bicyclic) bond motifs is 3. The lowest BCUT2D eigenvalue weighted by Crippen LogP contribution is -2.33. The molecule has 8 heteroatoms. The van der Waals surface area contributed by atoms with E-state index in [4.69, 9.17) is 14.6 Å². The zero-order chi connectivity index (χ0) is 24.6. The van der Waals surface area contributed by atoms with Crippen LogP contribution >= 0.6 is 0 Å². The Morgan fingerprint density at radius 1 is 0.914 bits per heavy atom. The molecule has 4 rings (SSSR count). The van der Waals surface area contributed by atoms with Gasteiger partial charge in [-0.1, -0.05) is 55.0 Å². The molecule has 0 spiro atoms. The first-order chi connectivity index (χ1) is 17.0. The molecule has 2 amide bonds. The number of alkyl carbamates (subject to hydrolysis) is 1. The van der Waals surface area contributed by atoms with Crippen molar-refractivity contribution in [1.82, 2.24) is 10.6 Å². The van der Waals surface area contributed by atoms with Crippen molar-refractivity contribution in [2.24, 2.45) is 0 Å². The summed E-state index contributed by atoms with van der Waals surface area (Å²) in [6.45, 7) is 1.12. The Morgan fingerprint density at radius 3 is 2.26 bits per heavy atom. The lowest BCUT2D eigenvalue weighted by molar-refractivity contribution is -0.149. The van der Waals surface area contributed by atoms with Crippen LogP contribution in [0.2, 0.25) is 0 Å². The highest BCUT2D eigenvalue weighted by Gasteiger charge is 2.30. The SMILES string of the molecule is O=C(CCCCCNC(=O)OCC1c2ccccc2-c2ccccc21)NCC1CCC(C(=O)O)O1. The van der Waals surface area contributed by atoms with Crippen molar-refractivity contribution in [3.05, 3.63) is 59.7 Å². The van der Waals surface area contributed by atoms with Gasteiger partial charge in [0.25, 0.3) is 0 Å². The monoisotopic (exact) mass is 480 g/mol. The third-order valence-electron chi connectivity index (χ3n) is 6.60. The molecular formula is C27H32N2O6. The molecule has 1 saturated heterocycles. The molecule has 8 nitrogen and oxygen atoms in total. The molecule has 1 aliphatic heterocycles. The Labute approximate surface area is 205 Å². The van der Waals surface area contributed by atoms with E-state index >= 15 is 0 Å². The minimum Gasteiger partial charge on any atom is -0.479 e. The molecule has 0 bridgehead atoms. The molecular weight excluding hydrogens is 448 g/mol. The number of amides is 2. The molecule has 2 atom stereocenters. The number of carbonyl (C=O) groups is 3. The van der Waals surface area contributed by atoms with Crippen molar-refractivity contribution >= 4 is 18.0 Å². The minimum atomic E-state index is -0.953. The molecule has 35 heavy (non-hydrogen) atoms. The van der Waals surface area contributed by atoms with Gasteiger partial charge in [-0.3, -0.25) is 4.79 Å². The second-order valence-electron chi connectivity index (χ2n) is 9.03. The Morgan fingerprint density at radius 2 is 1.60 bits per heavy atom. The average molecular weight is 481 g/mol. The van der Waals surface area contributed by atoms with Crippen molar-refractivity contribution in [2.45, 2.75) is 56.7 Å². The zero-order valence-corrected chi connectivity index (χ0v) is 19.7. The maximum Gasteiger partial charge on any atom is 0.407 e. The number of benzene rings is 2. The minimum absolute atomic E-state index is 0.0382. The van der Waals surface area contributed by atoms with Gasteiger partial charge in [0.1, 0.15) is 6.61 Å². The largest absolute Gasteiger partial charge is 0.479 e. The lowest BCUT2D eigenvalue weighted by Gasteiger charge is -2.14. The average Bonchev–Trinajstić information content (AvgIpc) is 3.47. The first-order valence-corrected chi connectivity index (χ1v) is 12.3. The van der Waals surface area contributed by atoms with E-state index in [0.717, 1.165) is 12.8 Å². The van der Waals surface area contributed by atoms with Crippen LogP contribution in [0, 0.1) is 0 Å². The Kier molecular flexibility index (Phi) is 8.36. The smallest absolute Gasteiger partial charge is 0.407 e. The molecule has 2 aliphatic rings. The summed E-state index contributed by atoms with van der Waals surface area (Å²) >= 11 is 0. The van der Waals surface area contributed by atoms with Crippen LogP contribution in [0.5, 0.6) is 0 Å². The van der Waals surface area contributed by atoms with Gasteiger partial charge < -0.3 is 25.2 Å². The van der Waals surface area contributed by atoms with Gasteiger partial charge in [-0.15, -0.1) is 0 Å². The van der Waals surface area contributed by atoms with Crippen molar-refractivity contribution in [3.8, 4) is 11.1 Å². The normalized spacial score (nSPS) is 18.5. The number of carboxylic acids is 1. The quantitative estimate of drug-likeness (QED) is 0.421. The van der Waals surface area contributed by atoms with Crippen LogP contribution in [0.4, 0.5) is 4.79 Å². The van der Waals surface area contributed by atoms with Crippen molar-refractivity contribution in [3.63, 3.8) is 0 Å². The van der Waals surface area contributed by atoms with Crippen LogP contribution in [-0.4, -0.2) is 55.0 Å². The first-order valence-electron chi connectivity index (χ1n) is 12.3. The van der Waals surface area contributed by atoms with Gasteiger partial charge in [-0.05, 0) is 47.9 Å². The van der Waals surface area contributed by atoms with E-state index in [9.17, 15) is 14.4 Å². The molecule has 186 valence electrons. The summed E-state index contributed by atoms with van der Waals surface area (Å²) in [6, 6.07) is 16.4. The summed E-state index contributed by atoms with van der Waals surface area (Å²) in [5.74, 6) is -0.987. The second kappa shape index (κ2) is 11.8. The molecule has 1 fully saturated rings. The molecule has 2 aromatic carbocycles. The molecule has 1 heterocycles. The van der Waals surface area contributed by atoms with Crippen molar-refractivity contribution in [1.29, 1.82) is 0 Å². The predicted octanol–water partition coefficient (Wildman–Crippen LogP) is 3.83. The maximum atomic E-state index is 12.2. The van der Waals surface area contributed by atoms with Gasteiger partial charge in [0.05, 0.1) is 6.10 Å². The Bertz CT molecular complexity index is 1010. The second-order valence-corrected chi connectivity index (χ2v) is 9.03. The number of hydrogen-bond donors (Lipinski definition) is 3. The topological polar surface area (TPSA) is 114 Å². The van der Waals surface area contributed by atoms with E-state index in [1.807, 2.05) is 24.3 Å². The number of hydrogen-bond acceptors (Lipinski definition) is 5. The lowest BCUT2D eigenvalue weighted by atomic mass is 9.98. The number of carbonyl (C=O) groups excluding carboxylic acids is 2. The highest BCUT2D eigenvalue weighted by molar-refractivity contribution is 5.79. The van der Waals surface area contributed by atoms with E-state index in [0.29, 0.717) is 38.8 Å². The summed E-state index contributed by atoms with van der Waals surface area (Å²) < 4.78 is 10.9. The van der Waals surface area contributed by atoms with E-state index in [1.165, 1.54) is 22.3 Å². The Hall–Kier alpha value is -3.39. The molecule has 2 unspecified atom stereocenters. The number of rotatable bonds is 11. The highest BCUT2D eigenvalue weighted by atomic mass is 16.5. The number of ether oxygens (including phenoxy) is 2. The number of unbranched alkanes of at least 4 members (excludes halogenated alkanes) is 2. The zero-order valence-electron chi connectivity index (χ0n) is 19.7. The highest BCUT2D eigenvalue weighted by Crippen LogP contribution is 2.44. The standard InChI is InChI=1S/C27H32N2O6/c30-25(29-16-18-13-14-24(35-18)26(31)32)12-2-1-7-15-28-27(33)34-17-23-21-10-5-3-8-19(21)20-9-4-6-11-22(20)23/h3-6,8-11,18,23-24H,1-2,7,12-17H2,(H,28,33)(H,29,30)(H,31,32). The number of nitrogens with one attached hydrogen (secondary N) is 2. The summed E-state index contributed by atoms with van der Waals surface area (Å²) in [7, 11) is 0. The van der Waals surface area contributed by atoms with Crippen LogP contribution in [0.1, 0.15) is 55.6 Å². The van der Waals surface area contributed by atoms with Crippen LogP contribution in [-0.2, 0) is 19.1 Å². The third-order valence-corrected chi connectivity index (χ3v) is 6.60. The fourth-order valence-electron chi connectivity index (χ4n) is 4.78. The van der Waals surface area contributed by atoms with Gasteiger partial charge >= 0.3 is 12.1 Å². The number of carboxylic acid groups (broad SMARTS) is 1. The van der Waals surface area contributed by atoms with Crippen LogP contribution in [0.3, 0.4) is 0 Å². The fraction of sp³-hybridized carbons (Fsp3) is 0.444. The molecule has 1 aliphatic carbocycles. The van der Waals surface area contributed by atoms with E-state index in [2.05, 4.69) is 34.9 Å². The van der Waals surface area contributed by atoms with Crippen molar-refractivity contribution < 1.29 is 29.0 Å². The van der Waals surface area contributed by atoms with Gasteiger partial charge in [-0.2, -0.15) is 0 Å². The Balaban J connectivity index is 1.07. The van der Waals surface area contributed by atoms with E-state index in [1.54, 1.807) is 0 Å². The maximum absolute atomic E-state index is 12.2. The van der Waals surface area contributed by atoms with Gasteiger partial charge in [0.2, 0.25) is 5.91 Å². The molecule has 0 radical (unpaired) electrons.